The summed E-state index contributed by atoms with van der Waals surface area (Å²) in [6, 6.07) is 0. The first-order chi connectivity index (χ1) is 37.8. The van der Waals surface area contributed by atoms with Crippen LogP contribution in [-0.4, -0.2) is 203 Å². The number of rotatable bonds is 41. The molecular weight excluding hydrogens is 1240 g/mol. The van der Waals surface area contributed by atoms with Gasteiger partial charge in [-0.3, -0.25) is 42.0 Å². The second-order valence-electron chi connectivity index (χ2n) is 18.4. The largest absolute Gasteiger partial charge is 0.462 e. The number of unbranched alkanes of at least 4 members (excludes halogenated alkanes) is 2. The number of amides is 1. The van der Waals surface area contributed by atoms with Crippen LogP contribution in [0.15, 0.2) is 0 Å². The molecule has 30 nitrogen and oxygen atoms in total. The SMILES string of the molecule is CCC(=O)OCC(COP(C)(=O)OCCNC(=O)OC(C)(C)C)OC(=O)CC.CCC(=O)OCC(COP(C)(=O)OCCNCC(O)(P(C)(C)=O)P(=O)(OC)OC)OC(=O)CC.COP(=O)(OC)C(O)(CCCCCCl)P(=O)(OC)OC. The smallest absolute Gasteiger partial charge is 0.407 e. The molecule has 0 aromatic carbocycles. The molecule has 1 amide bonds. The van der Waals surface area contributed by atoms with E-state index < -0.39 is 110 Å². The van der Waals surface area contributed by atoms with Gasteiger partial charge < -0.3 is 94.3 Å². The molecule has 82 heavy (non-hydrogen) atoms. The third-order valence-electron chi connectivity index (χ3n) is 10.4. The van der Waals surface area contributed by atoms with Crippen LogP contribution in [0.2, 0.25) is 0 Å². The normalized spacial score (nSPS) is 15.3. The van der Waals surface area contributed by atoms with Crippen molar-refractivity contribution in [3.05, 3.63) is 0 Å². The van der Waals surface area contributed by atoms with Crippen LogP contribution in [-0.2, 0) is 115 Å². The zero-order valence-corrected chi connectivity index (χ0v) is 56.6. The van der Waals surface area contributed by atoms with E-state index in [0.717, 1.165) is 42.7 Å². The van der Waals surface area contributed by atoms with Crippen molar-refractivity contribution in [3.63, 3.8) is 0 Å². The monoisotopic (exact) mass is 1330 g/mol. The molecule has 0 saturated heterocycles. The number of halogens is 1. The predicted octanol–water partition coefficient (Wildman–Crippen LogP) is 8.51. The summed E-state index contributed by atoms with van der Waals surface area (Å²) in [5, 5.41) is 22.1. The van der Waals surface area contributed by atoms with E-state index >= 15 is 0 Å². The minimum Gasteiger partial charge on any atom is -0.462 e. The summed E-state index contributed by atoms with van der Waals surface area (Å²) in [5.74, 6) is -1.53. The molecule has 0 bridgehead atoms. The van der Waals surface area contributed by atoms with Crippen molar-refractivity contribution in [1.82, 2.24) is 10.6 Å². The van der Waals surface area contributed by atoms with Crippen LogP contribution in [0.4, 0.5) is 4.79 Å². The first-order valence-corrected chi connectivity index (χ1v) is 37.4. The number of carbonyl (C=O) groups is 5. The van der Waals surface area contributed by atoms with Crippen LogP contribution >= 0.6 is 56.7 Å². The summed E-state index contributed by atoms with van der Waals surface area (Å²) >= 11 is 5.57. The fraction of sp³-hybridized carbons (Fsp3) is 0.889. The average Bonchev–Trinajstić information content (AvgIpc) is 3.48. The van der Waals surface area contributed by atoms with Crippen molar-refractivity contribution in [2.24, 2.45) is 0 Å². The third-order valence-corrected chi connectivity index (χ3v) is 24.9. The van der Waals surface area contributed by atoms with Crippen LogP contribution in [0.1, 0.15) is 99.8 Å². The van der Waals surface area contributed by atoms with Crippen molar-refractivity contribution >= 4 is 86.7 Å². The van der Waals surface area contributed by atoms with E-state index in [1.54, 1.807) is 48.5 Å². The van der Waals surface area contributed by atoms with Gasteiger partial charge in [0.15, 0.2) is 12.2 Å². The Morgan fingerprint density at radius 2 is 0.878 bits per heavy atom. The van der Waals surface area contributed by atoms with Crippen LogP contribution in [0.5, 0.6) is 0 Å². The Hall–Kier alpha value is -1.70. The molecule has 0 aromatic rings. The maximum Gasteiger partial charge on any atom is 0.407 e. The molecule has 488 valence electrons. The summed E-state index contributed by atoms with van der Waals surface area (Å²) in [7, 11) is -16.2. The molecule has 0 spiro atoms. The third kappa shape index (κ3) is 32.3. The first kappa shape index (κ1) is 84.5. The van der Waals surface area contributed by atoms with Gasteiger partial charge in [0.05, 0.1) is 26.4 Å². The topological polar surface area (TPSA) is 391 Å². The minimum absolute atomic E-state index is 0.0132. The van der Waals surface area contributed by atoms with Gasteiger partial charge in [0.2, 0.25) is 5.08 Å². The van der Waals surface area contributed by atoms with Crippen molar-refractivity contribution in [2.75, 3.05) is 134 Å². The van der Waals surface area contributed by atoms with Gasteiger partial charge in [-0.2, -0.15) is 0 Å². The van der Waals surface area contributed by atoms with Gasteiger partial charge in [-0.15, -0.1) is 11.6 Å². The number of nitrogens with one attached hydrogen (secondary N) is 2. The zero-order chi connectivity index (χ0) is 64.3. The summed E-state index contributed by atoms with van der Waals surface area (Å²) < 4.78 is 150. The number of hydrogen-bond acceptors (Lipinski definition) is 29. The summed E-state index contributed by atoms with van der Waals surface area (Å²) in [6.45, 7) is 15.0. The number of ether oxygens (including phenoxy) is 5. The standard InChI is InChI=1S/C18H38NO12P3.C17H32NO9P.C10H23ClO7P2/c1-8-16(20)28-12-15(31-17(21)9-2)13-30-33(7,24)29-11-10-19-14-18(22,32(5,6)23)34(25,26-3)27-4;1-7-14(19)23-11-13(26-15(20)8-2)12-25-28(6,22)24-10-9-18-16(21)27-17(3,4)5;1-15-19(13,16-2)10(12,8-6-5-7-9-11)20(14,17-3)18-4/h15,19,22H,8-14H2,1-7H3;13H,7-12H2,1-6H3,(H,18,21);12H,5-9H2,1-4H3. The van der Waals surface area contributed by atoms with Crippen molar-refractivity contribution in [2.45, 2.75) is 128 Å². The van der Waals surface area contributed by atoms with Gasteiger partial charge in [0.1, 0.15) is 26.0 Å². The Kier molecular flexibility index (Phi) is 42.7. The molecule has 0 saturated carbocycles. The maximum absolute atomic E-state index is 12.7. The molecule has 0 heterocycles. The maximum atomic E-state index is 12.7. The van der Waals surface area contributed by atoms with E-state index in [0.29, 0.717) is 25.1 Å². The lowest BCUT2D eigenvalue weighted by Gasteiger charge is -2.36. The average molecular weight is 1330 g/mol. The number of alkyl halides is 1. The lowest BCUT2D eigenvalue weighted by Crippen LogP contribution is -2.41. The molecule has 0 fully saturated rings. The minimum atomic E-state index is -4.13. The van der Waals surface area contributed by atoms with Gasteiger partial charge >= 0.3 is 67.9 Å². The molecule has 0 aromatic heterocycles. The van der Waals surface area contributed by atoms with Crippen molar-refractivity contribution in [1.29, 1.82) is 0 Å². The second kappa shape index (κ2) is 41.5. The fourth-order valence-corrected chi connectivity index (χ4v) is 16.8. The number of carbonyl (C=O) groups excluding carboxylic acids is 5. The summed E-state index contributed by atoms with van der Waals surface area (Å²) in [5.41, 5.74) is -0.625. The molecule has 0 radical (unpaired) electrons. The van der Waals surface area contributed by atoms with Crippen LogP contribution in [0.3, 0.4) is 0 Å². The van der Waals surface area contributed by atoms with Gasteiger partial charge in [0, 0.05) is 107 Å². The molecule has 0 aliphatic carbocycles. The van der Waals surface area contributed by atoms with Gasteiger partial charge in [-0.05, 0) is 53.4 Å². The van der Waals surface area contributed by atoms with Crippen LogP contribution in [0.25, 0.3) is 0 Å². The van der Waals surface area contributed by atoms with Gasteiger partial charge in [0.25, 0.3) is 5.08 Å². The highest BCUT2D eigenvalue weighted by molar-refractivity contribution is 7.78. The molecule has 37 heteroatoms. The Morgan fingerprint density at radius 3 is 1.21 bits per heavy atom. The van der Waals surface area contributed by atoms with E-state index in [4.69, 9.17) is 80.5 Å². The van der Waals surface area contributed by atoms with E-state index in [1.807, 2.05) is 0 Å². The summed E-state index contributed by atoms with van der Waals surface area (Å²) in [6.07, 6.45) is -0.275. The van der Waals surface area contributed by atoms with Crippen LogP contribution < -0.4 is 10.6 Å². The number of aliphatic hydroxyl groups is 2. The highest BCUT2D eigenvalue weighted by atomic mass is 35.5. The molecule has 0 aliphatic heterocycles. The Balaban J connectivity index is -0.00000118. The second-order valence-corrected chi connectivity index (χ2v) is 34.4. The van der Waals surface area contributed by atoms with Crippen LogP contribution in [0, 0.1) is 0 Å². The lowest BCUT2D eigenvalue weighted by atomic mass is 10.2. The highest BCUT2D eigenvalue weighted by Crippen LogP contribution is 2.77. The number of alkyl carbamates (subject to hydrolysis) is 1. The van der Waals surface area contributed by atoms with Gasteiger partial charge in [-0.25, -0.2) is 4.79 Å². The lowest BCUT2D eigenvalue weighted by molar-refractivity contribution is -0.160. The Morgan fingerprint density at radius 1 is 0.512 bits per heavy atom. The Labute approximate surface area is 488 Å². The van der Waals surface area contributed by atoms with Gasteiger partial charge in [-0.1, -0.05) is 34.1 Å². The predicted molar refractivity (Wildman–Crippen MR) is 304 cm³/mol. The molecule has 0 aliphatic rings. The molecule has 0 rings (SSSR count). The molecule has 4 N–H and O–H groups in total. The number of hydrogen-bond donors (Lipinski definition) is 4. The zero-order valence-electron chi connectivity index (χ0n) is 50.5. The summed E-state index contributed by atoms with van der Waals surface area (Å²) in [4.78, 5) is 57.1. The van der Waals surface area contributed by atoms with Crippen molar-refractivity contribution < 1.29 is 130 Å². The van der Waals surface area contributed by atoms with E-state index in [9.17, 15) is 61.6 Å². The van der Waals surface area contributed by atoms with E-state index in [2.05, 4.69) is 10.6 Å². The van der Waals surface area contributed by atoms with E-state index in [-0.39, 0.29) is 84.8 Å². The molecule has 5 unspecified atom stereocenters. The fourth-order valence-electron chi connectivity index (χ4n) is 5.82. The Bertz CT molecular complexity index is 2150. The quantitative estimate of drug-likeness (QED) is 0.0146. The van der Waals surface area contributed by atoms with Crippen molar-refractivity contribution in [3.8, 4) is 0 Å². The highest BCUT2D eigenvalue weighted by Gasteiger charge is 2.63. The van der Waals surface area contributed by atoms with E-state index in [1.165, 1.54) is 26.7 Å². The molecule has 5 atom stereocenters. The number of esters is 4. The molecular formula is C45H93ClN2O28P6. The first-order valence-electron chi connectivity index (χ1n) is 25.6.